The van der Waals surface area contributed by atoms with Gasteiger partial charge in [-0.15, -0.1) is 0 Å². The Morgan fingerprint density at radius 1 is 1.22 bits per heavy atom. The van der Waals surface area contributed by atoms with Gasteiger partial charge in [0.05, 0.1) is 0 Å². The van der Waals surface area contributed by atoms with Crippen molar-refractivity contribution in [3.8, 4) is 0 Å². The molecule has 1 aromatic heterocycles. The van der Waals surface area contributed by atoms with Crippen LogP contribution in [0.5, 0.6) is 0 Å². The number of hydrogen-bond acceptors (Lipinski definition) is 2. The van der Waals surface area contributed by atoms with Crippen molar-refractivity contribution < 1.29 is 4.79 Å². The number of nitrogens with one attached hydrogen (secondary N) is 1. The van der Waals surface area contributed by atoms with Gasteiger partial charge in [0.15, 0.2) is 0 Å². The van der Waals surface area contributed by atoms with Crippen LogP contribution in [0.15, 0.2) is 23.0 Å². The number of carbonyl (C=O) groups is 1. The summed E-state index contributed by atoms with van der Waals surface area (Å²) in [5.41, 5.74) is 3.74. The number of pyridine rings is 1. The Balaban J connectivity index is 2.54. The van der Waals surface area contributed by atoms with Crippen LogP contribution in [-0.2, 0) is 11.2 Å². The summed E-state index contributed by atoms with van der Waals surface area (Å²) in [4.78, 5) is 25.8. The third-order valence-electron chi connectivity index (χ3n) is 3.14. The van der Waals surface area contributed by atoms with Gasteiger partial charge in [0, 0.05) is 22.9 Å². The van der Waals surface area contributed by atoms with E-state index in [0.29, 0.717) is 18.4 Å². The second-order valence-electron chi connectivity index (χ2n) is 4.87. The molecule has 0 atom stereocenters. The number of ketones is 1. The van der Waals surface area contributed by atoms with Crippen LogP contribution >= 0.6 is 0 Å². The molecule has 1 N–H and O–H groups in total. The number of hydrogen-bond donors (Lipinski definition) is 1. The van der Waals surface area contributed by atoms with Crippen molar-refractivity contribution in [3.05, 3.63) is 45.2 Å². The van der Waals surface area contributed by atoms with Gasteiger partial charge in [-0.3, -0.25) is 4.79 Å². The molecular weight excluding hydrogens is 226 g/mol. The fourth-order valence-corrected chi connectivity index (χ4v) is 2.21. The Bertz CT molecular complexity index is 668. The minimum atomic E-state index is -0.0891. The van der Waals surface area contributed by atoms with E-state index in [-0.39, 0.29) is 11.3 Å². The summed E-state index contributed by atoms with van der Waals surface area (Å²) in [7, 11) is 0. The Hall–Kier alpha value is -1.90. The molecule has 3 heteroatoms. The number of aromatic amines is 1. The lowest BCUT2D eigenvalue weighted by molar-refractivity contribution is -0.116. The maximum absolute atomic E-state index is 11.9. The van der Waals surface area contributed by atoms with E-state index >= 15 is 0 Å². The zero-order chi connectivity index (χ0) is 13.3. The van der Waals surface area contributed by atoms with E-state index in [1.54, 1.807) is 6.92 Å². The van der Waals surface area contributed by atoms with Gasteiger partial charge >= 0.3 is 0 Å². The highest BCUT2D eigenvalue weighted by atomic mass is 16.1. The molecule has 0 radical (unpaired) electrons. The van der Waals surface area contributed by atoms with Gasteiger partial charge < -0.3 is 9.78 Å². The number of rotatable bonds is 3. The summed E-state index contributed by atoms with van der Waals surface area (Å²) in [5.74, 6) is 0.107. The molecule has 0 spiro atoms. The van der Waals surface area contributed by atoms with Crippen LogP contribution in [0.25, 0.3) is 10.9 Å². The second kappa shape index (κ2) is 4.77. The van der Waals surface area contributed by atoms with Gasteiger partial charge in [-0.05, 0) is 50.5 Å². The molecule has 0 unspecified atom stereocenters. The average Bonchev–Trinajstić information content (AvgIpc) is 2.26. The molecule has 0 saturated carbocycles. The largest absolute Gasteiger partial charge is 0.322 e. The number of aryl methyl sites for hydroxylation is 3. The number of aromatic nitrogens is 1. The van der Waals surface area contributed by atoms with Crippen molar-refractivity contribution >= 4 is 16.7 Å². The molecule has 0 aliphatic carbocycles. The molecule has 18 heavy (non-hydrogen) atoms. The van der Waals surface area contributed by atoms with Crippen LogP contribution in [-0.4, -0.2) is 10.8 Å². The lowest BCUT2D eigenvalue weighted by Gasteiger charge is -2.06. The molecule has 0 bridgehead atoms. The van der Waals surface area contributed by atoms with Crippen LogP contribution < -0.4 is 5.56 Å². The van der Waals surface area contributed by atoms with Gasteiger partial charge in [0.1, 0.15) is 5.78 Å². The first-order valence-corrected chi connectivity index (χ1v) is 6.10. The summed E-state index contributed by atoms with van der Waals surface area (Å²) in [6.07, 6.45) is 0.924. The summed E-state index contributed by atoms with van der Waals surface area (Å²) in [6, 6.07) is 5.97. The van der Waals surface area contributed by atoms with E-state index in [0.717, 1.165) is 22.0 Å². The Morgan fingerprint density at radius 3 is 2.61 bits per heavy atom. The molecular formula is C15H17NO2. The smallest absolute Gasteiger partial charge is 0.251 e. The topological polar surface area (TPSA) is 49.9 Å². The Kier molecular flexibility index (Phi) is 3.32. The molecule has 0 aliphatic rings. The fraction of sp³-hybridized carbons (Fsp3) is 0.333. The minimum Gasteiger partial charge on any atom is -0.322 e. The van der Waals surface area contributed by atoms with Gasteiger partial charge in [-0.25, -0.2) is 0 Å². The van der Waals surface area contributed by atoms with Crippen LogP contribution in [0.1, 0.15) is 30.0 Å². The third kappa shape index (κ3) is 2.50. The number of H-pyrrole nitrogens is 1. The number of Topliss-reactive ketones (excluding diaryl/α,β-unsaturated/α-hetero) is 1. The Labute approximate surface area is 106 Å². The maximum Gasteiger partial charge on any atom is 0.251 e. The molecule has 0 aliphatic heterocycles. The monoisotopic (exact) mass is 243 g/mol. The SMILES string of the molecule is CC(=O)CCc1cc2c(C)cc(C)cc2[nH]c1=O. The maximum atomic E-state index is 11.9. The summed E-state index contributed by atoms with van der Waals surface area (Å²) >= 11 is 0. The van der Waals surface area contributed by atoms with Crippen LogP contribution in [0.3, 0.4) is 0 Å². The average molecular weight is 243 g/mol. The van der Waals surface area contributed by atoms with E-state index in [9.17, 15) is 9.59 Å². The van der Waals surface area contributed by atoms with E-state index in [1.807, 2.05) is 26.0 Å². The van der Waals surface area contributed by atoms with Crippen molar-refractivity contribution in [1.82, 2.24) is 4.98 Å². The second-order valence-corrected chi connectivity index (χ2v) is 4.87. The molecule has 94 valence electrons. The first kappa shape index (κ1) is 12.6. The minimum absolute atomic E-state index is 0.0891. The van der Waals surface area contributed by atoms with Crippen LogP contribution in [0.4, 0.5) is 0 Å². The van der Waals surface area contributed by atoms with Crippen molar-refractivity contribution in [2.75, 3.05) is 0 Å². The highest BCUT2D eigenvalue weighted by Crippen LogP contribution is 2.18. The third-order valence-corrected chi connectivity index (χ3v) is 3.14. The van der Waals surface area contributed by atoms with Crippen molar-refractivity contribution in [1.29, 1.82) is 0 Å². The molecule has 0 fully saturated rings. The molecule has 1 aromatic carbocycles. The molecule has 1 heterocycles. The van der Waals surface area contributed by atoms with Gasteiger partial charge in [0.2, 0.25) is 0 Å². The zero-order valence-electron chi connectivity index (χ0n) is 11.0. The van der Waals surface area contributed by atoms with Gasteiger partial charge in [0.25, 0.3) is 5.56 Å². The molecule has 0 saturated heterocycles. The predicted molar refractivity (Wildman–Crippen MR) is 73.0 cm³/mol. The van der Waals surface area contributed by atoms with Gasteiger partial charge in [-0.1, -0.05) is 6.07 Å². The summed E-state index contributed by atoms with van der Waals surface area (Å²) in [6.45, 7) is 5.58. The lowest BCUT2D eigenvalue weighted by Crippen LogP contribution is -2.13. The lowest BCUT2D eigenvalue weighted by atomic mass is 10.0. The van der Waals surface area contributed by atoms with E-state index < -0.39 is 0 Å². The number of carbonyl (C=O) groups excluding carboxylic acids is 1. The number of fused-ring (bicyclic) bond motifs is 1. The van der Waals surface area contributed by atoms with Crippen LogP contribution in [0, 0.1) is 13.8 Å². The van der Waals surface area contributed by atoms with E-state index in [1.165, 1.54) is 0 Å². The fourth-order valence-electron chi connectivity index (χ4n) is 2.21. The van der Waals surface area contributed by atoms with Crippen molar-refractivity contribution in [2.24, 2.45) is 0 Å². The van der Waals surface area contributed by atoms with Crippen molar-refractivity contribution in [2.45, 2.75) is 33.6 Å². The highest BCUT2D eigenvalue weighted by molar-refractivity contribution is 5.83. The highest BCUT2D eigenvalue weighted by Gasteiger charge is 2.06. The Morgan fingerprint density at radius 2 is 1.94 bits per heavy atom. The van der Waals surface area contributed by atoms with Crippen molar-refractivity contribution in [3.63, 3.8) is 0 Å². The standard InChI is InChI=1S/C15H17NO2/c1-9-6-10(2)13-8-12(5-4-11(3)17)15(18)16-14(13)7-9/h6-8H,4-5H2,1-3H3,(H,16,18). The first-order chi connectivity index (χ1) is 8.47. The summed E-state index contributed by atoms with van der Waals surface area (Å²) < 4.78 is 0. The summed E-state index contributed by atoms with van der Waals surface area (Å²) in [5, 5.41) is 1.05. The normalized spacial score (nSPS) is 10.8. The van der Waals surface area contributed by atoms with E-state index in [4.69, 9.17) is 0 Å². The van der Waals surface area contributed by atoms with Gasteiger partial charge in [-0.2, -0.15) is 0 Å². The molecule has 2 aromatic rings. The molecule has 2 rings (SSSR count). The zero-order valence-corrected chi connectivity index (χ0v) is 11.0. The predicted octanol–water partition coefficient (Wildman–Crippen LogP) is 2.67. The van der Waals surface area contributed by atoms with E-state index in [2.05, 4.69) is 11.1 Å². The van der Waals surface area contributed by atoms with Crippen LogP contribution in [0.2, 0.25) is 0 Å². The molecule has 3 nitrogen and oxygen atoms in total. The first-order valence-electron chi connectivity index (χ1n) is 6.10. The number of benzene rings is 1. The molecule has 0 amide bonds. The quantitative estimate of drug-likeness (QED) is 0.901.